The van der Waals surface area contributed by atoms with Crippen molar-refractivity contribution in [2.24, 2.45) is 5.92 Å². The van der Waals surface area contributed by atoms with Crippen LogP contribution < -0.4 is 5.32 Å². The number of nitro groups is 1. The molecule has 2 aliphatic rings. The number of H-pyrrole nitrogens is 1. The van der Waals surface area contributed by atoms with Crippen molar-refractivity contribution < 1.29 is 9.72 Å². The molecule has 2 aliphatic heterocycles. The third kappa shape index (κ3) is 2.37. The average molecular weight is 314 g/mol. The predicted octanol–water partition coefficient (Wildman–Crippen LogP) is 1.90. The van der Waals surface area contributed by atoms with Crippen LogP contribution in [0.4, 0.5) is 5.69 Å². The highest BCUT2D eigenvalue weighted by molar-refractivity contribution is 6.00. The van der Waals surface area contributed by atoms with E-state index in [0.717, 1.165) is 25.9 Å². The Bertz CT molecular complexity index is 771. The van der Waals surface area contributed by atoms with E-state index in [-0.39, 0.29) is 11.6 Å². The molecular formula is C16H18N4O3. The van der Waals surface area contributed by atoms with Crippen molar-refractivity contribution in [3.63, 3.8) is 0 Å². The minimum Gasteiger partial charge on any atom is -0.345 e. The molecule has 0 saturated carbocycles. The predicted molar refractivity (Wildman–Crippen MR) is 85.4 cm³/mol. The second-order valence-corrected chi connectivity index (χ2v) is 6.35. The van der Waals surface area contributed by atoms with Gasteiger partial charge in [0.1, 0.15) is 11.2 Å². The van der Waals surface area contributed by atoms with E-state index in [0.29, 0.717) is 35.1 Å². The van der Waals surface area contributed by atoms with Gasteiger partial charge in [-0.3, -0.25) is 14.9 Å². The Morgan fingerprint density at radius 2 is 2.22 bits per heavy atom. The van der Waals surface area contributed by atoms with Crippen molar-refractivity contribution in [1.82, 2.24) is 15.2 Å². The molecule has 0 aliphatic carbocycles. The Kier molecular flexibility index (Phi) is 3.30. The molecule has 2 N–H and O–H groups in total. The molecule has 4 rings (SSSR count). The van der Waals surface area contributed by atoms with Crippen LogP contribution in [0.5, 0.6) is 0 Å². The normalized spacial score (nSPS) is 23.9. The fourth-order valence-electron chi connectivity index (χ4n) is 3.79. The van der Waals surface area contributed by atoms with Crippen LogP contribution in [-0.2, 0) is 0 Å². The Labute approximate surface area is 132 Å². The summed E-state index contributed by atoms with van der Waals surface area (Å²) in [7, 11) is 0. The Morgan fingerprint density at radius 3 is 3.00 bits per heavy atom. The number of nitro benzene ring substituents is 1. The number of rotatable bonds is 2. The first-order chi connectivity index (χ1) is 11.1. The molecule has 2 atom stereocenters. The number of nitrogens with one attached hydrogen (secondary N) is 2. The van der Waals surface area contributed by atoms with Crippen molar-refractivity contribution in [2.45, 2.75) is 18.9 Å². The van der Waals surface area contributed by atoms with Crippen LogP contribution in [0.15, 0.2) is 24.3 Å². The fraction of sp³-hybridized carbons (Fsp3) is 0.438. The lowest BCUT2D eigenvalue weighted by molar-refractivity contribution is -0.383. The fourth-order valence-corrected chi connectivity index (χ4v) is 3.79. The molecule has 0 bridgehead atoms. The quantitative estimate of drug-likeness (QED) is 0.654. The monoisotopic (exact) mass is 314 g/mol. The zero-order valence-corrected chi connectivity index (χ0v) is 12.6. The molecule has 7 nitrogen and oxygen atoms in total. The van der Waals surface area contributed by atoms with Crippen molar-refractivity contribution in [2.75, 3.05) is 19.6 Å². The molecule has 3 heterocycles. The molecule has 23 heavy (non-hydrogen) atoms. The number of aromatic nitrogens is 1. The molecule has 0 radical (unpaired) electrons. The third-order valence-corrected chi connectivity index (χ3v) is 4.95. The van der Waals surface area contributed by atoms with Gasteiger partial charge in [-0.25, -0.2) is 0 Å². The summed E-state index contributed by atoms with van der Waals surface area (Å²) in [6.07, 6.45) is 2.31. The second kappa shape index (κ2) is 5.34. The Morgan fingerprint density at radius 1 is 1.35 bits per heavy atom. The SMILES string of the molecule is O=C(c1cc2cccc([N+](=O)[O-])c2[nH]1)N1CC2CCCNC2C1. The molecule has 1 amide bonds. The van der Waals surface area contributed by atoms with Crippen LogP contribution in [0, 0.1) is 16.0 Å². The van der Waals surface area contributed by atoms with Gasteiger partial charge in [0.05, 0.1) is 4.92 Å². The van der Waals surface area contributed by atoms with E-state index in [1.165, 1.54) is 6.07 Å². The number of aromatic amines is 1. The number of nitrogens with zero attached hydrogens (tertiary/aromatic N) is 2. The smallest absolute Gasteiger partial charge is 0.293 e. The lowest BCUT2D eigenvalue weighted by atomic mass is 9.94. The lowest BCUT2D eigenvalue weighted by Crippen LogP contribution is -2.41. The highest BCUT2D eigenvalue weighted by Gasteiger charge is 2.37. The number of non-ortho nitro benzene ring substituents is 1. The zero-order chi connectivity index (χ0) is 16.0. The van der Waals surface area contributed by atoms with Gasteiger partial charge in [0.15, 0.2) is 0 Å². The summed E-state index contributed by atoms with van der Waals surface area (Å²) in [6, 6.07) is 6.95. The summed E-state index contributed by atoms with van der Waals surface area (Å²) >= 11 is 0. The maximum Gasteiger partial charge on any atom is 0.293 e. The minimum atomic E-state index is -0.429. The number of piperidine rings is 1. The molecule has 120 valence electrons. The van der Waals surface area contributed by atoms with Gasteiger partial charge in [-0.15, -0.1) is 0 Å². The van der Waals surface area contributed by atoms with Gasteiger partial charge < -0.3 is 15.2 Å². The van der Waals surface area contributed by atoms with Crippen LogP contribution in [0.25, 0.3) is 10.9 Å². The number of hydrogen-bond acceptors (Lipinski definition) is 4. The number of amides is 1. The largest absolute Gasteiger partial charge is 0.345 e. The van der Waals surface area contributed by atoms with Gasteiger partial charge in [0, 0.05) is 30.6 Å². The van der Waals surface area contributed by atoms with Crippen molar-refractivity contribution in [1.29, 1.82) is 0 Å². The molecule has 1 aromatic heterocycles. The molecule has 2 saturated heterocycles. The molecule has 7 heteroatoms. The summed E-state index contributed by atoms with van der Waals surface area (Å²) in [4.78, 5) is 28.2. The van der Waals surface area contributed by atoms with Gasteiger partial charge in [0.2, 0.25) is 0 Å². The van der Waals surface area contributed by atoms with E-state index in [9.17, 15) is 14.9 Å². The summed E-state index contributed by atoms with van der Waals surface area (Å²) in [5.41, 5.74) is 0.835. The molecule has 0 spiro atoms. The van der Waals surface area contributed by atoms with Gasteiger partial charge in [-0.1, -0.05) is 12.1 Å². The van der Waals surface area contributed by atoms with E-state index in [2.05, 4.69) is 10.3 Å². The van der Waals surface area contributed by atoms with E-state index < -0.39 is 4.92 Å². The number of para-hydroxylation sites is 1. The molecule has 2 aromatic rings. The molecular weight excluding hydrogens is 296 g/mol. The van der Waals surface area contributed by atoms with Crippen molar-refractivity contribution in [3.05, 3.63) is 40.1 Å². The maximum absolute atomic E-state index is 12.7. The zero-order valence-electron chi connectivity index (χ0n) is 12.6. The summed E-state index contributed by atoms with van der Waals surface area (Å²) in [6.45, 7) is 2.48. The average Bonchev–Trinajstić information content (AvgIpc) is 3.17. The molecule has 2 unspecified atom stereocenters. The summed E-state index contributed by atoms with van der Waals surface area (Å²) in [5.74, 6) is 0.443. The standard InChI is InChI=1S/C16H18N4O3/c21-16(19-8-11-4-2-6-17-13(11)9-19)12-7-10-3-1-5-14(20(22)23)15(10)18-12/h1,3,5,7,11,13,17-18H,2,4,6,8-9H2. The van der Waals surface area contributed by atoms with Crippen LogP contribution >= 0.6 is 0 Å². The van der Waals surface area contributed by atoms with Crippen molar-refractivity contribution >= 4 is 22.5 Å². The van der Waals surface area contributed by atoms with Crippen LogP contribution in [-0.4, -0.2) is 46.4 Å². The van der Waals surface area contributed by atoms with E-state index in [1.807, 2.05) is 4.90 Å². The van der Waals surface area contributed by atoms with E-state index in [1.54, 1.807) is 18.2 Å². The number of hydrogen-bond donors (Lipinski definition) is 2. The number of carbonyl (C=O) groups excluding carboxylic acids is 1. The Balaban J connectivity index is 1.63. The molecule has 2 fully saturated rings. The highest BCUT2D eigenvalue weighted by Crippen LogP contribution is 2.29. The van der Waals surface area contributed by atoms with Gasteiger partial charge in [0.25, 0.3) is 11.6 Å². The van der Waals surface area contributed by atoms with Crippen LogP contribution in [0.1, 0.15) is 23.3 Å². The number of fused-ring (bicyclic) bond motifs is 2. The highest BCUT2D eigenvalue weighted by atomic mass is 16.6. The number of likely N-dealkylation sites (tertiary alicyclic amines) is 1. The third-order valence-electron chi connectivity index (χ3n) is 4.95. The van der Waals surface area contributed by atoms with E-state index >= 15 is 0 Å². The number of carbonyl (C=O) groups is 1. The second-order valence-electron chi connectivity index (χ2n) is 6.35. The van der Waals surface area contributed by atoms with Gasteiger partial charge in [-0.05, 0) is 31.4 Å². The number of benzene rings is 1. The van der Waals surface area contributed by atoms with Crippen LogP contribution in [0.3, 0.4) is 0 Å². The lowest BCUT2D eigenvalue weighted by Gasteiger charge is -2.24. The topological polar surface area (TPSA) is 91.3 Å². The molecule has 1 aromatic carbocycles. The minimum absolute atomic E-state index is 0.00157. The van der Waals surface area contributed by atoms with Crippen molar-refractivity contribution in [3.8, 4) is 0 Å². The summed E-state index contributed by atoms with van der Waals surface area (Å²) < 4.78 is 0. The first-order valence-electron chi connectivity index (χ1n) is 7.92. The van der Waals surface area contributed by atoms with Gasteiger partial charge >= 0.3 is 0 Å². The first-order valence-corrected chi connectivity index (χ1v) is 7.92. The van der Waals surface area contributed by atoms with E-state index in [4.69, 9.17) is 0 Å². The maximum atomic E-state index is 12.7. The van der Waals surface area contributed by atoms with Gasteiger partial charge in [-0.2, -0.15) is 0 Å². The first kappa shape index (κ1) is 14.2. The summed E-state index contributed by atoms with van der Waals surface area (Å²) in [5, 5.41) is 15.3. The van der Waals surface area contributed by atoms with Crippen LogP contribution in [0.2, 0.25) is 0 Å². The Hall–Kier alpha value is -2.41.